The maximum Gasteiger partial charge on any atom is 0.326 e. The smallest absolute Gasteiger partial charge is 0.326 e. The highest BCUT2D eigenvalue weighted by Gasteiger charge is 2.45. The molecule has 2 aliphatic heterocycles. The van der Waals surface area contributed by atoms with Crippen LogP contribution < -0.4 is 11.1 Å². The lowest BCUT2D eigenvalue weighted by atomic mass is 9.73. The molecule has 1 unspecified atom stereocenters. The Morgan fingerprint density at radius 1 is 0.814 bits per heavy atom. The van der Waals surface area contributed by atoms with Gasteiger partial charge in [-0.15, -0.1) is 0 Å². The Morgan fingerprint density at radius 2 is 1.53 bits per heavy atom. The Morgan fingerprint density at radius 3 is 2.26 bits per heavy atom. The molecule has 2 aliphatic carbocycles. The number of hydrogen-bond donors (Lipinski definition) is 0. The van der Waals surface area contributed by atoms with Gasteiger partial charge in [0.25, 0.3) is 11.1 Å². The molecule has 2 saturated carbocycles. The zero-order valence-electron chi connectivity index (χ0n) is 25.3. The molecule has 8 heteroatoms. The molecule has 0 radical (unpaired) electrons. The van der Waals surface area contributed by atoms with Crippen molar-refractivity contribution in [1.82, 2.24) is 19.0 Å². The molecule has 2 aromatic heterocycles. The molecule has 8 nitrogen and oxygen atoms in total. The van der Waals surface area contributed by atoms with Crippen LogP contribution in [0.25, 0.3) is 22.4 Å². The highest BCUT2D eigenvalue weighted by atomic mass is 16.5. The number of ether oxygens (including phenoxy) is 1. The van der Waals surface area contributed by atoms with Crippen molar-refractivity contribution in [2.45, 2.75) is 115 Å². The van der Waals surface area contributed by atoms with Crippen molar-refractivity contribution in [3.8, 4) is 11.4 Å². The molecular weight excluding hydrogens is 540 g/mol. The molecule has 1 aromatic carbocycles. The van der Waals surface area contributed by atoms with Crippen LogP contribution in [-0.4, -0.2) is 49.7 Å². The van der Waals surface area contributed by atoms with E-state index in [-0.39, 0.29) is 36.0 Å². The first kappa shape index (κ1) is 28.5. The predicted octanol–water partition coefficient (Wildman–Crippen LogP) is 5.71. The molecule has 3 aromatic rings. The van der Waals surface area contributed by atoms with Gasteiger partial charge < -0.3 is 9.30 Å². The van der Waals surface area contributed by atoms with E-state index in [1.807, 2.05) is 28.8 Å². The average Bonchev–Trinajstić information content (AvgIpc) is 3.16. The molecule has 228 valence electrons. The Balaban J connectivity index is 1.26. The van der Waals surface area contributed by atoms with Crippen molar-refractivity contribution >= 4 is 17.0 Å². The second-order valence-corrected chi connectivity index (χ2v) is 13.5. The van der Waals surface area contributed by atoms with Crippen LogP contribution in [0.2, 0.25) is 0 Å². The van der Waals surface area contributed by atoms with E-state index in [2.05, 4.69) is 4.90 Å². The van der Waals surface area contributed by atoms with Crippen LogP contribution in [0.4, 0.5) is 0 Å². The monoisotopic (exact) mass is 584 g/mol. The quantitative estimate of drug-likeness (QED) is 0.345. The van der Waals surface area contributed by atoms with E-state index in [4.69, 9.17) is 9.72 Å². The normalized spacial score (nSPS) is 29.2. The second-order valence-electron chi connectivity index (χ2n) is 13.5. The van der Waals surface area contributed by atoms with E-state index >= 15 is 0 Å². The van der Waals surface area contributed by atoms with Gasteiger partial charge >= 0.3 is 5.97 Å². The van der Waals surface area contributed by atoms with Gasteiger partial charge in [-0.25, -0.2) is 4.98 Å². The van der Waals surface area contributed by atoms with E-state index in [1.165, 1.54) is 74.8 Å². The molecule has 4 fully saturated rings. The highest BCUT2D eigenvalue weighted by Crippen LogP contribution is 2.47. The van der Waals surface area contributed by atoms with Crippen LogP contribution in [0.5, 0.6) is 0 Å². The Labute approximate surface area is 253 Å². The predicted molar refractivity (Wildman–Crippen MR) is 167 cm³/mol. The Kier molecular flexibility index (Phi) is 7.97. The summed E-state index contributed by atoms with van der Waals surface area (Å²) < 4.78 is 8.44. The van der Waals surface area contributed by atoms with Crippen molar-refractivity contribution in [2.24, 2.45) is 11.8 Å². The van der Waals surface area contributed by atoms with E-state index in [0.717, 1.165) is 35.7 Å². The summed E-state index contributed by atoms with van der Waals surface area (Å²) in [6.07, 6.45) is 15.3. The zero-order chi connectivity index (χ0) is 29.5. The molecule has 4 bridgehead atoms. The summed E-state index contributed by atoms with van der Waals surface area (Å²) in [6, 6.07) is 14.3. The molecule has 2 saturated heterocycles. The number of carbonyl (C=O) groups excluding carboxylic acids is 1. The van der Waals surface area contributed by atoms with Crippen molar-refractivity contribution in [2.75, 3.05) is 6.61 Å². The number of piperidine rings is 2. The van der Waals surface area contributed by atoms with Crippen molar-refractivity contribution in [3.63, 3.8) is 0 Å². The minimum absolute atomic E-state index is 0.0607. The van der Waals surface area contributed by atoms with Crippen LogP contribution in [0, 0.1) is 11.8 Å². The van der Waals surface area contributed by atoms with Crippen LogP contribution in [0.15, 0.2) is 52.1 Å². The lowest BCUT2D eigenvalue weighted by Crippen LogP contribution is -2.58. The fraction of sp³-hybridized carbons (Fsp3) is 0.600. The molecule has 43 heavy (non-hydrogen) atoms. The summed E-state index contributed by atoms with van der Waals surface area (Å²) in [7, 11) is 0. The molecule has 4 aliphatic rings. The number of benzene rings is 1. The van der Waals surface area contributed by atoms with Gasteiger partial charge in [0.1, 0.15) is 6.54 Å². The summed E-state index contributed by atoms with van der Waals surface area (Å²) in [5, 5.41) is 0. The molecule has 0 spiro atoms. The number of aromatic nitrogens is 3. The minimum atomic E-state index is -0.513. The van der Waals surface area contributed by atoms with Gasteiger partial charge in [-0.3, -0.25) is 23.9 Å². The van der Waals surface area contributed by atoms with Gasteiger partial charge in [-0.1, -0.05) is 50.3 Å². The Hall–Kier alpha value is -3.26. The highest BCUT2D eigenvalue weighted by molar-refractivity contribution is 5.78. The summed E-state index contributed by atoms with van der Waals surface area (Å²) in [5.41, 5.74) is 1.58. The number of carbonyl (C=O) groups is 1. The number of nitrogens with zero attached hydrogens (tertiary/aromatic N) is 4. The molecule has 0 amide bonds. The molecule has 7 rings (SSSR count). The summed E-state index contributed by atoms with van der Waals surface area (Å²) in [4.78, 5) is 47.6. The number of para-hydroxylation sites is 2. The largest absolute Gasteiger partial charge is 0.465 e. The lowest BCUT2D eigenvalue weighted by Gasteiger charge is -2.54. The number of rotatable bonds is 6. The first-order valence-electron chi connectivity index (χ1n) is 16.6. The molecule has 0 N–H and O–H groups in total. The van der Waals surface area contributed by atoms with Crippen LogP contribution in [0.3, 0.4) is 0 Å². The first-order chi connectivity index (χ1) is 21.0. The molecule has 4 heterocycles. The number of fused-ring (bicyclic) bond motifs is 5. The topological polar surface area (TPSA) is 86.4 Å². The van der Waals surface area contributed by atoms with Gasteiger partial charge in [-0.2, -0.15) is 0 Å². The van der Waals surface area contributed by atoms with E-state index in [1.54, 1.807) is 19.1 Å². The van der Waals surface area contributed by atoms with Crippen LogP contribution in [-0.2, 0) is 16.1 Å². The van der Waals surface area contributed by atoms with Gasteiger partial charge in [0.2, 0.25) is 0 Å². The minimum Gasteiger partial charge on any atom is -0.465 e. The average molecular weight is 585 g/mol. The lowest BCUT2D eigenvalue weighted by molar-refractivity contribution is -0.143. The number of hydrogen-bond acceptors (Lipinski definition) is 6. The van der Waals surface area contributed by atoms with Gasteiger partial charge in [0, 0.05) is 30.2 Å². The third-order valence-electron chi connectivity index (χ3n) is 10.8. The number of pyridine rings is 1. The summed E-state index contributed by atoms with van der Waals surface area (Å²) in [6.45, 7) is 1.70. The van der Waals surface area contributed by atoms with E-state index in [9.17, 15) is 14.4 Å². The maximum absolute atomic E-state index is 14.5. The standard InChI is InChI=1S/C35H44N4O4/c1-2-43-33(41)22-37-31(15-8-16-32(37)40)34-35(42)39(30-14-6-5-13-29(30)36-34)28-20-25-11-7-12-26(21-28)38(25)27-18-23-9-3-4-10-24(17-23)19-27/h5-6,8,13-16,23-28H,2-4,7,9-12,17-22H2,1H3/t23-,24+,25-,26+,27+,28?. The third-order valence-corrected chi connectivity index (χ3v) is 10.8. The van der Waals surface area contributed by atoms with Crippen molar-refractivity contribution < 1.29 is 9.53 Å². The number of esters is 1. The van der Waals surface area contributed by atoms with E-state index in [0.29, 0.717) is 23.8 Å². The Bertz CT molecular complexity index is 1580. The zero-order valence-corrected chi connectivity index (χ0v) is 25.3. The molecular formula is C35H44N4O4. The second kappa shape index (κ2) is 12.0. The third kappa shape index (κ3) is 5.47. The summed E-state index contributed by atoms with van der Waals surface area (Å²) in [5.74, 6) is 1.26. The van der Waals surface area contributed by atoms with Crippen LogP contribution in [0.1, 0.15) is 90.0 Å². The summed E-state index contributed by atoms with van der Waals surface area (Å²) >= 11 is 0. The van der Waals surface area contributed by atoms with Crippen molar-refractivity contribution in [3.05, 3.63) is 63.2 Å². The van der Waals surface area contributed by atoms with E-state index < -0.39 is 5.97 Å². The van der Waals surface area contributed by atoms with Gasteiger partial charge in [-0.05, 0) is 81.9 Å². The fourth-order valence-corrected chi connectivity index (χ4v) is 9.22. The molecule has 6 atom stereocenters. The SMILES string of the molecule is CCOC(=O)Cn1c(-c2nc3ccccc3n(C3C[C@H]4CCC[C@@H](C3)N4[C@H]3C[C@@H]4CCCC[C@@H](C4)C3)c2=O)cccc1=O. The van der Waals surface area contributed by atoms with Gasteiger partial charge in [0.15, 0.2) is 5.69 Å². The first-order valence-corrected chi connectivity index (χ1v) is 16.6. The van der Waals surface area contributed by atoms with Crippen molar-refractivity contribution in [1.29, 1.82) is 0 Å². The van der Waals surface area contributed by atoms with Gasteiger partial charge in [0.05, 0.1) is 23.3 Å². The van der Waals surface area contributed by atoms with Crippen LogP contribution >= 0.6 is 0 Å². The maximum atomic E-state index is 14.5. The fourth-order valence-electron chi connectivity index (χ4n) is 9.22.